The quantitative estimate of drug-likeness (QED) is 0.664. The van der Waals surface area contributed by atoms with Gasteiger partial charge in [-0.05, 0) is 45.8 Å². The van der Waals surface area contributed by atoms with E-state index in [1.165, 1.54) is 19.4 Å². The fourth-order valence-corrected chi connectivity index (χ4v) is 2.17. The van der Waals surface area contributed by atoms with Crippen molar-refractivity contribution >= 4 is 5.91 Å². The summed E-state index contributed by atoms with van der Waals surface area (Å²) in [4.78, 5) is 13.9. The van der Waals surface area contributed by atoms with E-state index >= 15 is 0 Å². The third-order valence-corrected chi connectivity index (χ3v) is 3.19. The van der Waals surface area contributed by atoms with Gasteiger partial charge in [-0.15, -0.1) is 6.42 Å². The first-order valence-electron chi connectivity index (χ1n) is 6.26. The van der Waals surface area contributed by atoms with Gasteiger partial charge in [-0.1, -0.05) is 5.92 Å². The zero-order chi connectivity index (χ0) is 12.7. The molecule has 4 nitrogen and oxygen atoms in total. The Labute approximate surface area is 104 Å². The van der Waals surface area contributed by atoms with E-state index in [1.807, 2.05) is 6.92 Å². The van der Waals surface area contributed by atoms with Crippen molar-refractivity contribution in [2.75, 3.05) is 33.2 Å². The monoisotopic (exact) mass is 237 g/mol. The Morgan fingerprint density at radius 1 is 1.65 bits per heavy atom. The highest BCUT2D eigenvalue weighted by Crippen LogP contribution is 2.13. The maximum atomic E-state index is 11.6. The Morgan fingerprint density at radius 2 is 2.41 bits per heavy atom. The van der Waals surface area contributed by atoms with Crippen LogP contribution in [0.3, 0.4) is 0 Å². The molecule has 1 aliphatic heterocycles. The van der Waals surface area contributed by atoms with Crippen molar-refractivity contribution in [3.8, 4) is 12.3 Å². The van der Waals surface area contributed by atoms with Gasteiger partial charge in [0.05, 0.1) is 12.6 Å². The van der Waals surface area contributed by atoms with Crippen LogP contribution in [-0.4, -0.2) is 50.1 Å². The van der Waals surface area contributed by atoms with E-state index in [4.69, 9.17) is 6.42 Å². The molecule has 1 saturated heterocycles. The van der Waals surface area contributed by atoms with Crippen molar-refractivity contribution in [2.24, 2.45) is 5.92 Å². The molecule has 4 heteroatoms. The minimum Gasteiger partial charge on any atom is -0.344 e. The van der Waals surface area contributed by atoms with Crippen LogP contribution < -0.4 is 10.6 Å². The first kappa shape index (κ1) is 14.0. The number of amides is 1. The molecule has 0 bridgehead atoms. The molecule has 1 rings (SSSR count). The number of hydrogen-bond acceptors (Lipinski definition) is 3. The van der Waals surface area contributed by atoms with Crippen LogP contribution in [0.4, 0.5) is 0 Å². The minimum absolute atomic E-state index is 0.0212. The van der Waals surface area contributed by atoms with Crippen molar-refractivity contribution in [1.29, 1.82) is 0 Å². The summed E-state index contributed by atoms with van der Waals surface area (Å²) >= 11 is 0. The molecule has 0 spiro atoms. The molecule has 0 aromatic carbocycles. The van der Waals surface area contributed by atoms with E-state index in [-0.39, 0.29) is 11.9 Å². The summed E-state index contributed by atoms with van der Waals surface area (Å²) in [5.41, 5.74) is 0. The van der Waals surface area contributed by atoms with Gasteiger partial charge in [0, 0.05) is 6.54 Å². The van der Waals surface area contributed by atoms with Crippen LogP contribution in [0.5, 0.6) is 0 Å². The number of carbonyl (C=O) groups is 1. The molecule has 0 aliphatic carbocycles. The number of terminal acetylenes is 1. The second-order valence-electron chi connectivity index (χ2n) is 4.82. The van der Waals surface area contributed by atoms with Crippen molar-refractivity contribution < 1.29 is 4.79 Å². The fraction of sp³-hybridized carbons (Fsp3) is 0.769. The largest absolute Gasteiger partial charge is 0.344 e. The molecule has 96 valence electrons. The van der Waals surface area contributed by atoms with Gasteiger partial charge in [0.25, 0.3) is 0 Å². The highest BCUT2D eigenvalue weighted by molar-refractivity contribution is 5.81. The van der Waals surface area contributed by atoms with Gasteiger partial charge in [-0.2, -0.15) is 0 Å². The average molecular weight is 237 g/mol. The lowest BCUT2D eigenvalue weighted by atomic mass is 9.98. The number of piperidine rings is 1. The number of likely N-dealkylation sites (tertiary alicyclic amines) is 1. The summed E-state index contributed by atoms with van der Waals surface area (Å²) in [5.74, 6) is 3.03. The Morgan fingerprint density at radius 3 is 3.06 bits per heavy atom. The van der Waals surface area contributed by atoms with Gasteiger partial charge in [0.15, 0.2) is 0 Å². The smallest absolute Gasteiger partial charge is 0.237 e. The Bertz CT molecular complexity index is 285. The maximum absolute atomic E-state index is 11.6. The molecule has 1 heterocycles. The predicted octanol–water partition coefficient (Wildman–Crippen LogP) is 0.0557. The lowest BCUT2D eigenvalue weighted by molar-refractivity contribution is -0.122. The van der Waals surface area contributed by atoms with Gasteiger partial charge >= 0.3 is 0 Å². The van der Waals surface area contributed by atoms with Crippen LogP contribution in [0, 0.1) is 18.3 Å². The zero-order valence-electron chi connectivity index (χ0n) is 10.8. The summed E-state index contributed by atoms with van der Waals surface area (Å²) in [6.07, 6.45) is 7.59. The van der Waals surface area contributed by atoms with E-state index < -0.39 is 0 Å². The van der Waals surface area contributed by atoms with Crippen molar-refractivity contribution in [3.63, 3.8) is 0 Å². The van der Waals surface area contributed by atoms with Gasteiger partial charge in [-0.3, -0.25) is 4.79 Å². The van der Waals surface area contributed by atoms with Crippen LogP contribution in [0.1, 0.15) is 19.8 Å². The maximum Gasteiger partial charge on any atom is 0.237 e. The van der Waals surface area contributed by atoms with Crippen LogP contribution in [0.15, 0.2) is 0 Å². The van der Waals surface area contributed by atoms with E-state index in [9.17, 15) is 4.79 Å². The number of rotatable bonds is 5. The van der Waals surface area contributed by atoms with Gasteiger partial charge in [0.2, 0.25) is 5.91 Å². The summed E-state index contributed by atoms with van der Waals surface area (Å²) in [6.45, 7) is 5.38. The molecule has 1 fully saturated rings. The lowest BCUT2D eigenvalue weighted by Gasteiger charge is -2.30. The predicted molar refractivity (Wildman–Crippen MR) is 69.5 cm³/mol. The number of nitrogens with one attached hydrogen (secondary N) is 2. The summed E-state index contributed by atoms with van der Waals surface area (Å²) in [5, 5.41) is 5.95. The third-order valence-electron chi connectivity index (χ3n) is 3.19. The summed E-state index contributed by atoms with van der Waals surface area (Å²) < 4.78 is 0. The molecule has 2 atom stereocenters. The van der Waals surface area contributed by atoms with Crippen LogP contribution in [0.2, 0.25) is 0 Å². The fourth-order valence-electron chi connectivity index (χ4n) is 2.17. The molecule has 1 amide bonds. The molecule has 1 aliphatic rings. The first-order chi connectivity index (χ1) is 8.13. The molecule has 0 radical (unpaired) electrons. The molecule has 0 aromatic rings. The highest BCUT2D eigenvalue weighted by atomic mass is 16.2. The van der Waals surface area contributed by atoms with Gasteiger partial charge in [0.1, 0.15) is 0 Å². The summed E-state index contributed by atoms with van der Waals surface area (Å²) in [7, 11) is 2.15. The molecular formula is C13H23N3O. The molecular weight excluding hydrogens is 214 g/mol. The summed E-state index contributed by atoms with van der Waals surface area (Å²) in [6, 6.07) is -0.171. The molecule has 17 heavy (non-hydrogen) atoms. The minimum atomic E-state index is -0.171. The molecule has 0 aromatic heterocycles. The van der Waals surface area contributed by atoms with Crippen LogP contribution in [-0.2, 0) is 4.79 Å². The lowest BCUT2D eigenvalue weighted by Crippen LogP contribution is -2.46. The van der Waals surface area contributed by atoms with Crippen molar-refractivity contribution in [3.05, 3.63) is 0 Å². The van der Waals surface area contributed by atoms with E-state index in [1.54, 1.807) is 0 Å². The van der Waals surface area contributed by atoms with Crippen LogP contribution in [0.25, 0.3) is 0 Å². The number of hydrogen-bond donors (Lipinski definition) is 2. The van der Waals surface area contributed by atoms with Crippen molar-refractivity contribution in [1.82, 2.24) is 15.5 Å². The van der Waals surface area contributed by atoms with Gasteiger partial charge in [-0.25, -0.2) is 0 Å². The standard InChI is InChI=1S/C13H23N3O/c1-4-7-14-13(17)11(2)15-9-12-6-5-8-16(3)10-12/h1,11-12,15H,5-10H2,2-3H3,(H,14,17). The Balaban J connectivity index is 2.20. The average Bonchev–Trinajstić information content (AvgIpc) is 2.33. The second-order valence-corrected chi connectivity index (χ2v) is 4.82. The third kappa shape index (κ3) is 5.20. The van der Waals surface area contributed by atoms with E-state index in [0.29, 0.717) is 12.5 Å². The number of nitrogens with zero attached hydrogens (tertiary/aromatic N) is 1. The Kier molecular flexibility index (Phi) is 6.03. The number of carbonyl (C=O) groups excluding carboxylic acids is 1. The second kappa shape index (κ2) is 7.31. The van der Waals surface area contributed by atoms with Gasteiger partial charge < -0.3 is 15.5 Å². The Hall–Kier alpha value is -1.05. The topological polar surface area (TPSA) is 44.4 Å². The normalized spacial score (nSPS) is 22.8. The highest BCUT2D eigenvalue weighted by Gasteiger charge is 2.19. The molecule has 2 unspecified atom stereocenters. The SMILES string of the molecule is C#CCNC(=O)C(C)NCC1CCCN(C)C1. The zero-order valence-corrected chi connectivity index (χ0v) is 10.8. The first-order valence-corrected chi connectivity index (χ1v) is 6.26. The molecule has 2 N–H and O–H groups in total. The van der Waals surface area contributed by atoms with E-state index in [0.717, 1.165) is 13.1 Å². The molecule has 0 saturated carbocycles. The van der Waals surface area contributed by atoms with Crippen LogP contribution >= 0.6 is 0 Å². The van der Waals surface area contributed by atoms with E-state index in [2.05, 4.69) is 28.5 Å². The van der Waals surface area contributed by atoms with Crippen molar-refractivity contribution in [2.45, 2.75) is 25.8 Å².